The number of rotatable bonds is 6. The molecule has 1 saturated heterocycles. The van der Waals surface area contributed by atoms with Crippen LogP contribution in [0.25, 0.3) is 0 Å². The molecule has 0 saturated carbocycles. The number of sulfonamides is 1. The average Bonchev–Trinajstić information content (AvgIpc) is 2.80. The Kier molecular flexibility index (Phi) is 7.72. The van der Waals surface area contributed by atoms with Gasteiger partial charge in [-0.2, -0.15) is 4.31 Å². The molecule has 2 aromatic carbocycles. The number of anilines is 1. The number of halogens is 1. The van der Waals surface area contributed by atoms with E-state index in [1.165, 1.54) is 45.6 Å². The van der Waals surface area contributed by atoms with Gasteiger partial charge in [0.1, 0.15) is 0 Å². The van der Waals surface area contributed by atoms with Crippen LogP contribution in [-0.2, 0) is 14.8 Å². The molecule has 2 aromatic rings. The van der Waals surface area contributed by atoms with Gasteiger partial charge in [-0.3, -0.25) is 4.79 Å². The fourth-order valence-electron chi connectivity index (χ4n) is 3.25. The maximum Gasteiger partial charge on any atom is 0.409 e. The van der Waals surface area contributed by atoms with Crippen LogP contribution in [0.4, 0.5) is 10.5 Å². The fourth-order valence-corrected chi connectivity index (χ4v) is 5.03. The smallest absolute Gasteiger partial charge is 0.409 e. The number of nitrogens with one attached hydrogen (secondary N) is 1. The maximum atomic E-state index is 12.9. The summed E-state index contributed by atoms with van der Waals surface area (Å²) < 4.78 is 32.6. The highest BCUT2D eigenvalue weighted by molar-refractivity contribution is 9.10. The molecule has 3 rings (SSSR count). The second-order valence-corrected chi connectivity index (χ2v) is 9.92. The molecule has 2 N–H and O–H groups in total. The molecule has 1 heterocycles. The molecule has 0 radical (unpaired) electrons. The molecule has 10 nitrogen and oxygen atoms in total. The van der Waals surface area contributed by atoms with Gasteiger partial charge in [0, 0.05) is 36.2 Å². The summed E-state index contributed by atoms with van der Waals surface area (Å²) in [5.41, 5.74) is 0.200. The molecule has 0 aromatic heterocycles. The number of aromatic carboxylic acids is 1. The lowest BCUT2D eigenvalue weighted by molar-refractivity contribution is 0.0697. The predicted molar refractivity (Wildman–Crippen MR) is 123 cm³/mol. The number of amides is 2. The van der Waals surface area contributed by atoms with Crippen molar-refractivity contribution < 1.29 is 32.6 Å². The minimum absolute atomic E-state index is 0.0125. The summed E-state index contributed by atoms with van der Waals surface area (Å²) in [4.78, 5) is 37.2. The molecule has 1 aliphatic heterocycles. The Morgan fingerprint density at radius 2 is 1.70 bits per heavy atom. The number of piperazine rings is 1. The summed E-state index contributed by atoms with van der Waals surface area (Å²) in [5, 5.41) is 11.9. The summed E-state index contributed by atoms with van der Waals surface area (Å²) in [6.45, 7) is 2.65. The van der Waals surface area contributed by atoms with E-state index in [1.54, 1.807) is 13.0 Å². The SMILES string of the molecule is CCOC(=O)N1CCN(S(=O)(=O)c2ccc(C(=O)Nc3ccc(Br)cc3C(=O)O)cc2)CC1. The molecule has 1 aliphatic rings. The molecule has 0 aliphatic carbocycles. The zero-order valence-electron chi connectivity index (χ0n) is 17.7. The largest absolute Gasteiger partial charge is 0.478 e. The highest BCUT2D eigenvalue weighted by Gasteiger charge is 2.30. The number of hydrogen-bond donors (Lipinski definition) is 2. The first-order chi connectivity index (χ1) is 15.6. The van der Waals surface area contributed by atoms with E-state index in [9.17, 15) is 27.9 Å². The van der Waals surface area contributed by atoms with E-state index < -0.39 is 28.0 Å². The highest BCUT2D eigenvalue weighted by Crippen LogP contribution is 2.23. The topological polar surface area (TPSA) is 133 Å². The van der Waals surface area contributed by atoms with Crippen LogP contribution in [0.5, 0.6) is 0 Å². The fraction of sp³-hybridized carbons (Fsp3) is 0.286. The van der Waals surface area contributed by atoms with Crippen LogP contribution in [0.15, 0.2) is 51.8 Å². The number of ether oxygens (including phenoxy) is 1. The van der Waals surface area contributed by atoms with Crippen molar-refractivity contribution in [2.75, 3.05) is 38.1 Å². The van der Waals surface area contributed by atoms with Gasteiger partial charge in [-0.05, 0) is 49.4 Å². The number of carbonyl (C=O) groups excluding carboxylic acids is 2. The van der Waals surface area contributed by atoms with Gasteiger partial charge in [-0.1, -0.05) is 15.9 Å². The minimum Gasteiger partial charge on any atom is -0.478 e. The van der Waals surface area contributed by atoms with E-state index in [2.05, 4.69) is 21.2 Å². The summed E-state index contributed by atoms with van der Waals surface area (Å²) >= 11 is 3.19. The molecule has 2 amide bonds. The number of carbonyl (C=O) groups is 3. The molecule has 0 unspecified atom stereocenters. The minimum atomic E-state index is -3.81. The summed E-state index contributed by atoms with van der Waals surface area (Å²) in [7, 11) is -3.81. The quantitative estimate of drug-likeness (QED) is 0.576. The van der Waals surface area contributed by atoms with Gasteiger partial charge >= 0.3 is 12.1 Å². The molecule has 0 atom stereocenters. The van der Waals surface area contributed by atoms with Crippen molar-refractivity contribution in [2.45, 2.75) is 11.8 Å². The van der Waals surface area contributed by atoms with Gasteiger partial charge in [0.25, 0.3) is 5.91 Å². The molecule has 0 spiro atoms. The van der Waals surface area contributed by atoms with E-state index in [4.69, 9.17) is 4.74 Å². The average molecular weight is 540 g/mol. The summed E-state index contributed by atoms with van der Waals surface area (Å²) in [5.74, 6) is -1.78. The Morgan fingerprint density at radius 3 is 2.27 bits per heavy atom. The van der Waals surface area contributed by atoms with Crippen LogP contribution in [0.2, 0.25) is 0 Å². The normalized spacial score (nSPS) is 14.5. The Hall–Kier alpha value is -2.96. The first-order valence-electron chi connectivity index (χ1n) is 9.99. The van der Waals surface area contributed by atoms with Crippen LogP contribution in [-0.4, -0.2) is 73.5 Å². The third kappa shape index (κ3) is 5.70. The lowest BCUT2D eigenvalue weighted by Gasteiger charge is -2.33. The molecule has 0 bridgehead atoms. The van der Waals surface area contributed by atoms with E-state index in [0.717, 1.165) is 0 Å². The van der Waals surface area contributed by atoms with E-state index in [0.29, 0.717) is 4.47 Å². The van der Waals surface area contributed by atoms with Crippen molar-refractivity contribution in [3.8, 4) is 0 Å². The van der Waals surface area contributed by atoms with Crippen molar-refractivity contribution >= 4 is 49.6 Å². The lowest BCUT2D eigenvalue weighted by Crippen LogP contribution is -2.50. The number of carboxylic acids is 1. The first-order valence-corrected chi connectivity index (χ1v) is 12.2. The van der Waals surface area contributed by atoms with Crippen LogP contribution in [0, 0.1) is 0 Å². The van der Waals surface area contributed by atoms with Gasteiger partial charge in [0.05, 0.1) is 22.8 Å². The standard InChI is InChI=1S/C21H22BrN3O7S/c1-2-32-21(29)24-9-11-25(12-10-24)33(30,31)16-6-3-14(4-7-16)19(26)23-18-8-5-15(22)13-17(18)20(27)28/h3-8,13H,2,9-12H2,1H3,(H,23,26)(H,27,28). The van der Waals surface area contributed by atoms with Crippen LogP contribution in [0.3, 0.4) is 0 Å². The monoisotopic (exact) mass is 539 g/mol. The Bertz CT molecular complexity index is 1160. The lowest BCUT2D eigenvalue weighted by atomic mass is 10.1. The zero-order valence-corrected chi connectivity index (χ0v) is 20.1. The van der Waals surface area contributed by atoms with E-state index in [1.807, 2.05) is 0 Å². The second kappa shape index (κ2) is 10.3. The van der Waals surface area contributed by atoms with Gasteiger partial charge in [-0.25, -0.2) is 18.0 Å². The molecule has 33 heavy (non-hydrogen) atoms. The third-order valence-corrected chi connectivity index (χ3v) is 7.39. The van der Waals surface area contributed by atoms with Crippen molar-refractivity contribution in [3.05, 3.63) is 58.1 Å². The van der Waals surface area contributed by atoms with Gasteiger partial charge < -0.3 is 20.1 Å². The molecule has 176 valence electrons. The van der Waals surface area contributed by atoms with Gasteiger partial charge in [-0.15, -0.1) is 0 Å². The summed E-state index contributed by atoms with van der Waals surface area (Å²) in [6, 6.07) is 9.78. The highest BCUT2D eigenvalue weighted by atomic mass is 79.9. The zero-order chi connectivity index (χ0) is 24.2. The molecular weight excluding hydrogens is 518 g/mol. The number of hydrogen-bond acceptors (Lipinski definition) is 6. The molecule has 1 fully saturated rings. The van der Waals surface area contributed by atoms with Gasteiger partial charge in [0.15, 0.2) is 0 Å². The number of benzene rings is 2. The first kappa shape index (κ1) is 24.7. The van der Waals surface area contributed by atoms with Crippen molar-refractivity contribution in [1.82, 2.24) is 9.21 Å². The van der Waals surface area contributed by atoms with Crippen molar-refractivity contribution in [2.24, 2.45) is 0 Å². The van der Waals surface area contributed by atoms with E-state index >= 15 is 0 Å². The van der Waals surface area contributed by atoms with Crippen LogP contribution < -0.4 is 5.32 Å². The Morgan fingerprint density at radius 1 is 1.06 bits per heavy atom. The Balaban J connectivity index is 1.69. The van der Waals surface area contributed by atoms with Gasteiger partial charge in [0.2, 0.25) is 10.0 Å². The van der Waals surface area contributed by atoms with Crippen LogP contribution >= 0.6 is 15.9 Å². The third-order valence-electron chi connectivity index (χ3n) is 4.98. The van der Waals surface area contributed by atoms with Crippen molar-refractivity contribution in [1.29, 1.82) is 0 Å². The molecular formula is C21H22BrN3O7S. The maximum absolute atomic E-state index is 12.9. The molecule has 12 heteroatoms. The second-order valence-electron chi connectivity index (χ2n) is 7.06. The van der Waals surface area contributed by atoms with E-state index in [-0.39, 0.29) is 54.5 Å². The summed E-state index contributed by atoms with van der Waals surface area (Å²) in [6.07, 6.45) is -0.471. The number of nitrogens with zero attached hydrogens (tertiary/aromatic N) is 2. The predicted octanol–water partition coefficient (Wildman–Crippen LogP) is 2.86. The Labute approximate surface area is 199 Å². The number of carboxylic acid groups (broad SMARTS) is 1. The van der Waals surface area contributed by atoms with Crippen LogP contribution in [0.1, 0.15) is 27.6 Å². The van der Waals surface area contributed by atoms with Crippen molar-refractivity contribution in [3.63, 3.8) is 0 Å².